The first-order valence-corrected chi connectivity index (χ1v) is 7.07. The monoisotopic (exact) mass is 259 g/mol. The summed E-state index contributed by atoms with van der Waals surface area (Å²) in [5.41, 5.74) is 4.70. The molecule has 0 unspecified atom stereocenters. The molecular formula is C16H21NO2. The molecular weight excluding hydrogens is 238 g/mol. The van der Waals surface area contributed by atoms with E-state index in [1.165, 1.54) is 27.7 Å². The summed E-state index contributed by atoms with van der Waals surface area (Å²) in [5, 5.41) is 10.7. The minimum absolute atomic E-state index is 0.154. The lowest BCUT2D eigenvalue weighted by Gasteiger charge is -2.36. The van der Waals surface area contributed by atoms with Gasteiger partial charge in [0.1, 0.15) is 5.60 Å². The molecule has 2 aromatic rings. The first-order valence-electron chi connectivity index (χ1n) is 7.07. The molecule has 3 nitrogen and oxygen atoms in total. The third-order valence-corrected chi connectivity index (χ3v) is 4.42. The standard InChI is InChI=1S/C16H21NO2/c1-3-16(8-9-18)15-13(7-10-19-16)12-6-4-5-11(2)14(12)17-15/h4-6,17-18H,3,7-10H2,1-2H3/t16-/m1/s1. The van der Waals surface area contributed by atoms with Crippen LogP contribution in [0.4, 0.5) is 0 Å². The number of ether oxygens (including phenoxy) is 1. The summed E-state index contributed by atoms with van der Waals surface area (Å²) in [6, 6.07) is 6.42. The molecule has 0 aliphatic carbocycles. The zero-order valence-corrected chi connectivity index (χ0v) is 11.6. The Morgan fingerprint density at radius 3 is 3.00 bits per heavy atom. The molecule has 19 heavy (non-hydrogen) atoms. The first kappa shape index (κ1) is 12.7. The van der Waals surface area contributed by atoms with Crippen LogP contribution in [0.2, 0.25) is 0 Å². The van der Waals surface area contributed by atoms with Gasteiger partial charge in [-0.2, -0.15) is 0 Å². The average Bonchev–Trinajstić information content (AvgIpc) is 2.81. The lowest BCUT2D eigenvalue weighted by molar-refractivity contribution is -0.0795. The van der Waals surface area contributed by atoms with Crippen LogP contribution in [0.25, 0.3) is 10.9 Å². The molecule has 2 N–H and O–H groups in total. The Labute approximate surface area is 113 Å². The van der Waals surface area contributed by atoms with Gasteiger partial charge in [-0.05, 0) is 30.9 Å². The van der Waals surface area contributed by atoms with E-state index in [1.54, 1.807) is 0 Å². The van der Waals surface area contributed by atoms with Crippen molar-refractivity contribution in [3.8, 4) is 0 Å². The highest BCUT2D eigenvalue weighted by Crippen LogP contribution is 2.41. The number of para-hydroxylation sites is 1. The molecule has 0 radical (unpaired) electrons. The molecule has 3 heteroatoms. The summed E-state index contributed by atoms with van der Waals surface area (Å²) in [6.07, 6.45) is 2.49. The zero-order valence-electron chi connectivity index (χ0n) is 11.6. The molecule has 0 saturated heterocycles. The number of hydrogen-bond donors (Lipinski definition) is 2. The molecule has 1 aromatic heterocycles. The maximum absolute atomic E-state index is 9.38. The quantitative estimate of drug-likeness (QED) is 0.890. The number of benzene rings is 1. The number of aryl methyl sites for hydroxylation is 1. The fourth-order valence-corrected chi connectivity index (χ4v) is 3.32. The fraction of sp³-hybridized carbons (Fsp3) is 0.500. The van der Waals surface area contributed by atoms with Gasteiger partial charge in [-0.15, -0.1) is 0 Å². The van der Waals surface area contributed by atoms with Crippen LogP contribution in [0.15, 0.2) is 18.2 Å². The largest absolute Gasteiger partial charge is 0.396 e. The number of rotatable bonds is 3. The minimum Gasteiger partial charge on any atom is -0.396 e. The number of aliphatic hydroxyl groups is 1. The van der Waals surface area contributed by atoms with Crippen LogP contribution in [0, 0.1) is 6.92 Å². The van der Waals surface area contributed by atoms with Gasteiger partial charge in [0.15, 0.2) is 0 Å². The van der Waals surface area contributed by atoms with Gasteiger partial charge in [0.25, 0.3) is 0 Å². The molecule has 1 atom stereocenters. The van der Waals surface area contributed by atoms with Crippen LogP contribution in [0.5, 0.6) is 0 Å². The summed E-state index contributed by atoms with van der Waals surface area (Å²) in [5.74, 6) is 0. The number of hydrogen-bond acceptors (Lipinski definition) is 2. The first-order chi connectivity index (χ1) is 9.22. The predicted molar refractivity (Wildman–Crippen MR) is 76.4 cm³/mol. The predicted octanol–water partition coefficient (Wildman–Crippen LogP) is 3.04. The Morgan fingerprint density at radius 1 is 1.42 bits per heavy atom. The summed E-state index contributed by atoms with van der Waals surface area (Å²) >= 11 is 0. The number of fused-ring (bicyclic) bond motifs is 3. The maximum Gasteiger partial charge on any atom is 0.110 e. The van der Waals surface area contributed by atoms with Gasteiger partial charge < -0.3 is 14.8 Å². The van der Waals surface area contributed by atoms with E-state index < -0.39 is 0 Å². The smallest absolute Gasteiger partial charge is 0.110 e. The van der Waals surface area contributed by atoms with Crippen LogP contribution < -0.4 is 0 Å². The van der Waals surface area contributed by atoms with E-state index in [4.69, 9.17) is 4.74 Å². The topological polar surface area (TPSA) is 45.2 Å². The Hall–Kier alpha value is -1.32. The third kappa shape index (κ3) is 1.80. The molecule has 1 aliphatic heterocycles. The van der Waals surface area contributed by atoms with E-state index in [0.717, 1.165) is 19.4 Å². The second-order valence-electron chi connectivity index (χ2n) is 5.40. The lowest BCUT2D eigenvalue weighted by Crippen LogP contribution is -2.36. The minimum atomic E-state index is -0.339. The molecule has 0 spiro atoms. The highest BCUT2D eigenvalue weighted by Gasteiger charge is 2.38. The van der Waals surface area contributed by atoms with Crippen molar-refractivity contribution in [2.75, 3.05) is 13.2 Å². The lowest BCUT2D eigenvalue weighted by atomic mass is 9.86. The van der Waals surface area contributed by atoms with Gasteiger partial charge in [-0.1, -0.05) is 25.1 Å². The van der Waals surface area contributed by atoms with Crippen molar-refractivity contribution in [1.82, 2.24) is 4.98 Å². The molecule has 0 fully saturated rings. The van der Waals surface area contributed by atoms with Gasteiger partial charge in [0, 0.05) is 23.9 Å². The molecule has 0 amide bonds. The number of aliphatic hydroxyl groups excluding tert-OH is 1. The number of H-pyrrole nitrogens is 1. The summed E-state index contributed by atoms with van der Waals surface area (Å²) in [6.45, 7) is 5.15. The van der Waals surface area contributed by atoms with Gasteiger partial charge in [-0.3, -0.25) is 0 Å². The SMILES string of the molecule is CC[C@]1(CCO)OCCc2c1[nH]c1c(C)cccc21. The van der Waals surface area contributed by atoms with Crippen molar-refractivity contribution in [1.29, 1.82) is 0 Å². The molecule has 3 rings (SSSR count). The molecule has 0 saturated carbocycles. The van der Waals surface area contributed by atoms with Crippen molar-refractivity contribution in [2.24, 2.45) is 0 Å². The number of nitrogens with one attached hydrogen (secondary N) is 1. The number of aromatic amines is 1. The Kier molecular flexibility index (Phi) is 3.11. The zero-order chi connectivity index (χ0) is 13.5. The van der Waals surface area contributed by atoms with E-state index in [9.17, 15) is 5.11 Å². The fourth-order valence-electron chi connectivity index (χ4n) is 3.32. The van der Waals surface area contributed by atoms with Crippen molar-refractivity contribution < 1.29 is 9.84 Å². The maximum atomic E-state index is 9.38. The molecule has 2 heterocycles. The Morgan fingerprint density at radius 2 is 2.26 bits per heavy atom. The second-order valence-corrected chi connectivity index (χ2v) is 5.40. The van der Waals surface area contributed by atoms with Gasteiger partial charge in [-0.25, -0.2) is 0 Å². The summed E-state index contributed by atoms with van der Waals surface area (Å²) < 4.78 is 6.06. The van der Waals surface area contributed by atoms with Crippen molar-refractivity contribution in [3.05, 3.63) is 35.0 Å². The summed E-state index contributed by atoms with van der Waals surface area (Å²) in [7, 11) is 0. The van der Waals surface area contributed by atoms with Gasteiger partial charge in [0.05, 0.1) is 12.3 Å². The van der Waals surface area contributed by atoms with Crippen LogP contribution >= 0.6 is 0 Å². The van der Waals surface area contributed by atoms with Gasteiger partial charge in [0.2, 0.25) is 0 Å². The van der Waals surface area contributed by atoms with E-state index in [-0.39, 0.29) is 12.2 Å². The van der Waals surface area contributed by atoms with Gasteiger partial charge >= 0.3 is 0 Å². The van der Waals surface area contributed by atoms with E-state index in [2.05, 4.69) is 37.0 Å². The Bertz CT molecular complexity index is 602. The van der Waals surface area contributed by atoms with E-state index >= 15 is 0 Å². The van der Waals surface area contributed by atoms with Crippen molar-refractivity contribution >= 4 is 10.9 Å². The third-order valence-electron chi connectivity index (χ3n) is 4.42. The number of aromatic nitrogens is 1. The summed E-state index contributed by atoms with van der Waals surface area (Å²) in [4.78, 5) is 3.57. The van der Waals surface area contributed by atoms with Crippen molar-refractivity contribution in [3.63, 3.8) is 0 Å². The molecule has 102 valence electrons. The molecule has 0 bridgehead atoms. The van der Waals surface area contributed by atoms with E-state index in [1.807, 2.05) is 0 Å². The van der Waals surface area contributed by atoms with Crippen LogP contribution in [0.1, 0.15) is 36.6 Å². The normalized spacial score (nSPS) is 22.7. The average molecular weight is 259 g/mol. The van der Waals surface area contributed by atoms with Crippen LogP contribution in [-0.4, -0.2) is 23.3 Å². The molecule has 1 aliphatic rings. The van der Waals surface area contributed by atoms with E-state index in [0.29, 0.717) is 6.42 Å². The highest BCUT2D eigenvalue weighted by atomic mass is 16.5. The van der Waals surface area contributed by atoms with Crippen LogP contribution in [0.3, 0.4) is 0 Å². The van der Waals surface area contributed by atoms with Crippen molar-refractivity contribution in [2.45, 2.75) is 38.7 Å². The Balaban J connectivity index is 2.25. The van der Waals surface area contributed by atoms with Crippen LogP contribution in [-0.2, 0) is 16.8 Å². The highest BCUT2D eigenvalue weighted by molar-refractivity contribution is 5.87. The molecule has 1 aromatic carbocycles. The second kappa shape index (κ2) is 4.66.